The lowest BCUT2D eigenvalue weighted by Gasteiger charge is -2.12. The molecule has 3 aromatic rings. The summed E-state index contributed by atoms with van der Waals surface area (Å²) < 4.78 is 5.99. The van der Waals surface area contributed by atoms with Crippen LogP contribution in [0.5, 0.6) is 11.5 Å². The van der Waals surface area contributed by atoms with Crippen LogP contribution in [-0.4, -0.2) is 4.98 Å². The summed E-state index contributed by atoms with van der Waals surface area (Å²) in [6.07, 6.45) is 0. The predicted molar refractivity (Wildman–Crippen MR) is 87.2 cm³/mol. The molecule has 106 valence electrons. The fourth-order valence-corrected chi connectivity index (χ4v) is 2.50. The van der Waals surface area contributed by atoms with Gasteiger partial charge in [0.05, 0.1) is 10.5 Å². The first-order valence-electron chi connectivity index (χ1n) is 6.64. The maximum Gasteiger partial charge on any atom is 0.146 e. The zero-order valence-electron chi connectivity index (χ0n) is 11.9. The van der Waals surface area contributed by atoms with Gasteiger partial charge in [-0.3, -0.25) is 4.98 Å². The van der Waals surface area contributed by atoms with E-state index in [1.807, 2.05) is 56.3 Å². The van der Waals surface area contributed by atoms with E-state index in [-0.39, 0.29) is 0 Å². The molecular weight excluding hydrogens is 284 g/mol. The van der Waals surface area contributed by atoms with E-state index >= 15 is 0 Å². The zero-order chi connectivity index (χ0) is 15.0. The summed E-state index contributed by atoms with van der Waals surface area (Å²) in [6.45, 7) is 3.92. The van der Waals surface area contributed by atoms with Gasteiger partial charge in [-0.2, -0.15) is 0 Å². The highest BCUT2D eigenvalue weighted by Gasteiger charge is 2.09. The van der Waals surface area contributed by atoms with Crippen LogP contribution in [0.1, 0.15) is 11.3 Å². The van der Waals surface area contributed by atoms with Crippen molar-refractivity contribution < 1.29 is 4.74 Å². The Morgan fingerprint density at radius 2 is 1.81 bits per heavy atom. The second-order valence-electron chi connectivity index (χ2n) is 5.07. The molecule has 1 aromatic heterocycles. The van der Waals surface area contributed by atoms with Crippen molar-refractivity contribution in [3.8, 4) is 11.5 Å². The van der Waals surface area contributed by atoms with Gasteiger partial charge in [0.1, 0.15) is 11.5 Å². The number of benzene rings is 2. The minimum absolute atomic E-state index is 0.585. The minimum Gasteiger partial charge on any atom is -0.455 e. The van der Waals surface area contributed by atoms with Gasteiger partial charge in [-0.15, -0.1) is 0 Å². The molecule has 4 heteroatoms. The van der Waals surface area contributed by atoms with E-state index in [9.17, 15) is 0 Å². The third-order valence-electron chi connectivity index (χ3n) is 3.23. The van der Waals surface area contributed by atoms with Crippen molar-refractivity contribution in [2.24, 2.45) is 0 Å². The molecule has 2 N–H and O–H groups in total. The van der Waals surface area contributed by atoms with Gasteiger partial charge in [0.25, 0.3) is 0 Å². The highest BCUT2D eigenvalue weighted by molar-refractivity contribution is 6.32. The maximum absolute atomic E-state index is 6.24. The van der Waals surface area contributed by atoms with Crippen LogP contribution in [0, 0.1) is 13.8 Å². The first-order chi connectivity index (χ1) is 10.0. The Morgan fingerprint density at radius 3 is 2.57 bits per heavy atom. The van der Waals surface area contributed by atoms with E-state index in [4.69, 9.17) is 22.1 Å². The standard InChI is InChI=1S/C17H15ClN2O/c1-10-3-6-16(14(18)7-10)21-17-8-11(2)20-15-5-4-12(19)9-13(15)17/h3-9H,19H2,1-2H3. The van der Waals surface area contributed by atoms with Crippen LogP contribution in [0.15, 0.2) is 42.5 Å². The summed E-state index contributed by atoms with van der Waals surface area (Å²) in [4.78, 5) is 4.49. The van der Waals surface area contributed by atoms with E-state index in [2.05, 4.69) is 4.98 Å². The minimum atomic E-state index is 0.585. The summed E-state index contributed by atoms with van der Waals surface area (Å²) in [7, 11) is 0. The molecule has 0 unspecified atom stereocenters. The van der Waals surface area contributed by atoms with Crippen LogP contribution in [0.2, 0.25) is 5.02 Å². The Hall–Kier alpha value is -2.26. The number of nitrogens with two attached hydrogens (primary N) is 1. The quantitative estimate of drug-likeness (QED) is 0.686. The van der Waals surface area contributed by atoms with E-state index in [0.717, 1.165) is 22.2 Å². The molecule has 0 bridgehead atoms. The number of pyridine rings is 1. The van der Waals surface area contributed by atoms with Crippen LogP contribution in [0.4, 0.5) is 5.69 Å². The van der Waals surface area contributed by atoms with Gasteiger partial charge in [-0.1, -0.05) is 17.7 Å². The second kappa shape index (κ2) is 5.26. The number of aromatic nitrogens is 1. The normalized spacial score (nSPS) is 10.8. The number of rotatable bonds is 2. The molecule has 21 heavy (non-hydrogen) atoms. The van der Waals surface area contributed by atoms with Crippen molar-refractivity contribution in [2.45, 2.75) is 13.8 Å². The number of fused-ring (bicyclic) bond motifs is 1. The number of hydrogen-bond acceptors (Lipinski definition) is 3. The highest BCUT2D eigenvalue weighted by atomic mass is 35.5. The van der Waals surface area contributed by atoms with Crippen LogP contribution in [0.25, 0.3) is 10.9 Å². The number of nitrogens with zero attached hydrogens (tertiary/aromatic N) is 1. The molecule has 0 amide bonds. The Bertz CT molecular complexity index is 830. The van der Waals surface area contributed by atoms with Gasteiger partial charge in [-0.25, -0.2) is 0 Å². The monoisotopic (exact) mass is 298 g/mol. The fraction of sp³-hybridized carbons (Fsp3) is 0.118. The van der Waals surface area contributed by atoms with Crippen molar-refractivity contribution >= 4 is 28.2 Å². The van der Waals surface area contributed by atoms with E-state index in [0.29, 0.717) is 22.2 Å². The van der Waals surface area contributed by atoms with E-state index in [1.165, 1.54) is 0 Å². The number of aryl methyl sites for hydroxylation is 2. The molecule has 0 aliphatic heterocycles. The molecule has 1 heterocycles. The van der Waals surface area contributed by atoms with Crippen molar-refractivity contribution in [3.63, 3.8) is 0 Å². The lowest BCUT2D eigenvalue weighted by molar-refractivity contribution is 0.487. The maximum atomic E-state index is 6.24. The van der Waals surface area contributed by atoms with Gasteiger partial charge in [0.2, 0.25) is 0 Å². The number of nitrogen functional groups attached to an aromatic ring is 1. The summed E-state index contributed by atoms with van der Waals surface area (Å²) in [5.41, 5.74) is 9.36. The van der Waals surface area contributed by atoms with E-state index in [1.54, 1.807) is 0 Å². The third kappa shape index (κ3) is 2.78. The van der Waals surface area contributed by atoms with Crippen molar-refractivity contribution in [3.05, 3.63) is 58.7 Å². The number of halogens is 1. The molecule has 0 saturated heterocycles. The number of anilines is 1. The molecule has 0 atom stereocenters. The van der Waals surface area contributed by atoms with Crippen LogP contribution < -0.4 is 10.5 Å². The van der Waals surface area contributed by atoms with Gasteiger partial charge >= 0.3 is 0 Å². The Balaban J connectivity index is 2.13. The molecule has 0 aliphatic rings. The van der Waals surface area contributed by atoms with Crippen LogP contribution in [-0.2, 0) is 0 Å². The Labute approximate surface area is 128 Å². The lowest BCUT2D eigenvalue weighted by Crippen LogP contribution is -1.93. The number of ether oxygens (including phenoxy) is 1. The summed E-state index contributed by atoms with van der Waals surface area (Å²) >= 11 is 6.24. The molecule has 3 rings (SSSR count). The molecule has 0 radical (unpaired) electrons. The first kappa shape index (κ1) is 13.7. The SMILES string of the molecule is Cc1ccc(Oc2cc(C)nc3ccc(N)cc23)c(Cl)c1. The molecule has 0 fully saturated rings. The topological polar surface area (TPSA) is 48.1 Å². The van der Waals surface area contributed by atoms with Crippen LogP contribution in [0.3, 0.4) is 0 Å². The van der Waals surface area contributed by atoms with Gasteiger partial charge in [-0.05, 0) is 49.7 Å². The van der Waals surface area contributed by atoms with Crippen molar-refractivity contribution in [1.82, 2.24) is 4.98 Å². The van der Waals surface area contributed by atoms with Crippen molar-refractivity contribution in [1.29, 1.82) is 0 Å². The first-order valence-corrected chi connectivity index (χ1v) is 7.01. The lowest BCUT2D eigenvalue weighted by atomic mass is 10.1. The average Bonchev–Trinajstić information content (AvgIpc) is 2.42. The average molecular weight is 299 g/mol. The zero-order valence-corrected chi connectivity index (χ0v) is 12.6. The van der Waals surface area contributed by atoms with Gasteiger partial charge in [0, 0.05) is 22.8 Å². The second-order valence-corrected chi connectivity index (χ2v) is 5.48. The molecule has 3 nitrogen and oxygen atoms in total. The third-order valence-corrected chi connectivity index (χ3v) is 3.53. The molecule has 2 aromatic carbocycles. The van der Waals surface area contributed by atoms with Crippen molar-refractivity contribution in [2.75, 3.05) is 5.73 Å². The predicted octanol–water partition coefficient (Wildman–Crippen LogP) is 4.88. The fourth-order valence-electron chi connectivity index (χ4n) is 2.23. The number of hydrogen-bond donors (Lipinski definition) is 1. The molecule has 0 spiro atoms. The highest BCUT2D eigenvalue weighted by Crippen LogP contribution is 2.34. The Morgan fingerprint density at radius 1 is 1.00 bits per heavy atom. The van der Waals surface area contributed by atoms with Gasteiger partial charge in [0.15, 0.2) is 0 Å². The Kier molecular flexibility index (Phi) is 3.43. The smallest absolute Gasteiger partial charge is 0.146 e. The van der Waals surface area contributed by atoms with E-state index < -0.39 is 0 Å². The molecular formula is C17H15ClN2O. The molecule has 0 aliphatic carbocycles. The summed E-state index contributed by atoms with van der Waals surface area (Å²) in [6, 6.07) is 13.2. The molecule has 0 saturated carbocycles. The van der Waals surface area contributed by atoms with Crippen LogP contribution >= 0.6 is 11.6 Å². The summed E-state index contributed by atoms with van der Waals surface area (Å²) in [5.74, 6) is 1.33. The summed E-state index contributed by atoms with van der Waals surface area (Å²) in [5, 5.41) is 1.46. The largest absolute Gasteiger partial charge is 0.455 e. The van der Waals surface area contributed by atoms with Gasteiger partial charge < -0.3 is 10.5 Å².